The van der Waals surface area contributed by atoms with Crippen LogP contribution in [0.25, 0.3) is 11.0 Å². The highest BCUT2D eigenvalue weighted by atomic mass is 32.2. The first-order chi connectivity index (χ1) is 32.3. The van der Waals surface area contributed by atoms with Crippen LogP contribution >= 0.6 is 0 Å². The summed E-state index contributed by atoms with van der Waals surface area (Å²) in [6, 6.07) is 12.1. The number of aromatic nitrogens is 2. The SMILES string of the molecule is CC1CCC2C(C)C(OCCN3CCN(c4ccc(C(=O)NS(=O)(=O)c5ccc(NCC6CCOCC6)c([N+](=O)[O-])c5)c(Oc5cnc6[nH]ccc6c5)c4)CC3)OC3OC4(C)CCC1C32OO4. The molecular weight excluding hydrogens is 887 g/mol. The van der Waals surface area contributed by atoms with Gasteiger partial charge in [0.15, 0.2) is 18.2 Å². The van der Waals surface area contributed by atoms with Crippen LogP contribution in [0.15, 0.2) is 65.8 Å². The largest absolute Gasteiger partial charge is 0.455 e. The summed E-state index contributed by atoms with van der Waals surface area (Å²) in [5.41, 5.74) is 0.498. The number of hydrogen-bond donors (Lipinski definition) is 3. The number of nitrogens with one attached hydrogen (secondary N) is 3. The van der Waals surface area contributed by atoms with E-state index in [1.54, 1.807) is 24.4 Å². The molecule has 2 bridgehead atoms. The lowest BCUT2D eigenvalue weighted by atomic mass is 9.58. The van der Waals surface area contributed by atoms with E-state index in [0.717, 1.165) is 68.8 Å². The van der Waals surface area contributed by atoms with Gasteiger partial charge in [-0.05, 0) is 93.2 Å². The Balaban J connectivity index is 0.799. The molecule has 19 nitrogen and oxygen atoms in total. The zero-order valence-electron chi connectivity index (χ0n) is 38.0. The van der Waals surface area contributed by atoms with Gasteiger partial charge in [0.05, 0.1) is 28.2 Å². The first kappa shape index (κ1) is 45.8. The van der Waals surface area contributed by atoms with E-state index in [2.05, 4.69) is 43.7 Å². The van der Waals surface area contributed by atoms with Crippen molar-refractivity contribution in [1.82, 2.24) is 19.6 Å². The quantitative estimate of drug-likeness (QED) is 0.0692. The number of H-pyrrole nitrogens is 1. The van der Waals surface area contributed by atoms with Crippen molar-refractivity contribution in [2.75, 3.05) is 69.3 Å². The molecule has 11 rings (SSSR count). The van der Waals surface area contributed by atoms with Gasteiger partial charge in [0.1, 0.15) is 22.8 Å². The van der Waals surface area contributed by atoms with Gasteiger partial charge in [-0.2, -0.15) is 0 Å². The Bertz CT molecular complexity index is 2590. The smallest absolute Gasteiger partial charge is 0.293 e. The molecule has 8 unspecified atom stereocenters. The van der Waals surface area contributed by atoms with Crippen LogP contribution in [0.4, 0.5) is 17.1 Å². The third-order valence-corrected chi connectivity index (χ3v) is 16.3. The number of pyridine rings is 1. The van der Waals surface area contributed by atoms with Gasteiger partial charge in [-0.15, -0.1) is 0 Å². The minimum absolute atomic E-state index is 0.0554. The molecule has 6 saturated heterocycles. The lowest BCUT2D eigenvalue weighted by Crippen LogP contribution is -2.70. The van der Waals surface area contributed by atoms with E-state index in [1.807, 2.05) is 13.0 Å². The summed E-state index contributed by atoms with van der Waals surface area (Å²) in [5, 5.41) is 16.0. The zero-order chi connectivity index (χ0) is 46.5. The minimum atomic E-state index is -4.57. The number of benzene rings is 2. The lowest BCUT2D eigenvalue weighted by Gasteiger charge is -2.60. The van der Waals surface area contributed by atoms with Crippen LogP contribution in [-0.4, -0.2) is 117 Å². The number of carbonyl (C=O) groups is 1. The zero-order valence-corrected chi connectivity index (χ0v) is 38.8. The molecule has 8 heterocycles. The topological polar surface area (TPSA) is 218 Å². The molecular formula is C47H59N7O12S. The Morgan fingerprint density at radius 1 is 1.00 bits per heavy atom. The number of nitro groups is 1. The number of nitro benzene ring substituents is 1. The molecule has 8 atom stereocenters. The monoisotopic (exact) mass is 945 g/mol. The van der Waals surface area contributed by atoms with Crippen molar-refractivity contribution in [2.45, 2.75) is 88.2 Å². The second-order valence-electron chi connectivity index (χ2n) is 19.1. The Labute approximate surface area is 389 Å². The summed E-state index contributed by atoms with van der Waals surface area (Å²) >= 11 is 0. The molecule has 1 saturated carbocycles. The third-order valence-electron chi connectivity index (χ3n) is 15.0. The van der Waals surface area contributed by atoms with Gasteiger partial charge in [-0.1, -0.05) is 13.8 Å². The van der Waals surface area contributed by atoms with E-state index >= 15 is 0 Å². The fourth-order valence-corrected chi connectivity index (χ4v) is 12.1. The first-order valence-electron chi connectivity index (χ1n) is 23.5. The molecule has 1 amide bonds. The molecule has 2 aromatic heterocycles. The Morgan fingerprint density at radius 3 is 2.63 bits per heavy atom. The number of fused-ring (bicyclic) bond motifs is 3. The fraction of sp³-hybridized carbons (Fsp3) is 0.574. The summed E-state index contributed by atoms with van der Waals surface area (Å²) in [6.07, 6.45) is 7.75. The molecule has 4 aromatic rings. The van der Waals surface area contributed by atoms with Crippen molar-refractivity contribution in [1.29, 1.82) is 0 Å². The number of nitrogens with zero attached hydrogens (tertiary/aromatic N) is 4. The van der Waals surface area contributed by atoms with Crippen molar-refractivity contribution in [3.8, 4) is 11.5 Å². The number of aromatic amines is 1. The maximum Gasteiger partial charge on any atom is 0.293 e. The average Bonchev–Trinajstić information content (AvgIpc) is 3.68. The van der Waals surface area contributed by atoms with Crippen LogP contribution in [0.3, 0.4) is 0 Å². The van der Waals surface area contributed by atoms with E-state index in [-0.39, 0.29) is 40.7 Å². The minimum Gasteiger partial charge on any atom is -0.455 e. The molecule has 7 aliphatic rings. The van der Waals surface area contributed by atoms with Crippen molar-refractivity contribution in [3.63, 3.8) is 0 Å². The van der Waals surface area contributed by atoms with E-state index in [9.17, 15) is 23.3 Å². The summed E-state index contributed by atoms with van der Waals surface area (Å²) in [5.74, 6) is -0.0671. The molecule has 1 aliphatic carbocycles. The number of sulfonamides is 1. The van der Waals surface area contributed by atoms with Gasteiger partial charge in [0, 0.05) is 100 Å². The molecule has 20 heteroatoms. The highest BCUT2D eigenvalue weighted by Crippen LogP contribution is 2.60. The van der Waals surface area contributed by atoms with Gasteiger partial charge in [-0.3, -0.25) is 19.8 Å². The predicted molar refractivity (Wildman–Crippen MR) is 244 cm³/mol. The Hall–Kier alpha value is -4.93. The molecule has 3 N–H and O–H groups in total. The van der Waals surface area contributed by atoms with Crippen molar-refractivity contribution in [2.24, 2.45) is 29.6 Å². The van der Waals surface area contributed by atoms with Gasteiger partial charge >= 0.3 is 0 Å². The molecule has 0 radical (unpaired) electrons. The maximum atomic E-state index is 13.9. The summed E-state index contributed by atoms with van der Waals surface area (Å²) in [4.78, 5) is 49.2. The van der Waals surface area contributed by atoms with E-state index in [1.165, 1.54) is 24.4 Å². The molecule has 1 spiro atoms. The first-order valence-corrected chi connectivity index (χ1v) is 25.0. The molecule has 360 valence electrons. The van der Waals surface area contributed by atoms with Crippen LogP contribution in [0.1, 0.15) is 69.7 Å². The molecule has 7 fully saturated rings. The van der Waals surface area contributed by atoms with Crippen LogP contribution in [0, 0.1) is 39.7 Å². The molecule has 2 aromatic carbocycles. The van der Waals surface area contributed by atoms with Crippen molar-refractivity contribution in [3.05, 3.63) is 76.6 Å². The van der Waals surface area contributed by atoms with Gasteiger partial charge in [0.25, 0.3) is 21.6 Å². The normalized spacial score (nSPS) is 30.1. The highest BCUT2D eigenvalue weighted by Gasteiger charge is 2.69. The van der Waals surface area contributed by atoms with Crippen molar-refractivity contribution >= 4 is 44.0 Å². The number of amides is 1. The number of anilines is 2. The third kappa shape index (κ3) is 9.09. The number of ether oxygens (including phenoxy) is 5. The highest BCUT2D eigenvalue weighted by molar-refractivity contribution is 7.90. The fourth-order valence-electron chi connectivity index (χ4n) is 11.1. The van der Waals surface area contributed by atoms with Crippen molar-refractivity contribution < 1.29 is 51.6 Å². The Morgan fingerprint density at radius 2 is 1.82 bits per heavy atom. The van der Waals surface area contributed by atoms with Crippen LogP contribution in [0.2, 0.25) is 0 Å². The number of carbonyl (C=O) groups excluding carboxylic acids is 1. The van der Waals surface area contributed by atoms with E-state index in [0.29, 0.717) is 63.3 Å². The average molecular weight is 946 g/mol. The second-order valence-corrected chi connectivity index (χ2v) is 20.8. The van der Waals surface area contributed by atoms with Crippen LogP contribution in [-0.2, 0) is 38.7 Å². The van der Waals surface area contributed by atoms with Gasteiger partial charge in [-0.25, -0.2) is 27.9 Å². The van der Waals surface area contributed by atoms with Gasteiger partial charge in [0.2, 0.25) is 5.79 Å². The maximum absolute atomic E-state index is 13.9. The molecule has 6 aliphatic heterocycles. The van der Waals surface area contributed by atoms with Gasteiger partial charge < -0.3 is 38.9 Å². The predicted octanol–water partition coefficient (Wildman–Crippen LogP) is 6.57. The van der Waals surface area contributed by atoms with E-state index in [4.69, 9.17) is 33.5 Å². The summed E-state index contributed by atoms with van der Waals surface area (Å²) in [6.45, 7) is 12.1. The summed E-state index contributed by atoms with van der Waals surface area (Å²) in [7, 11) is -4.57. The van der Waals surface area contributed by atoms with Crippen LogP contribution in [0.5, 0.6) is 11.5 Å². The van der Waals surface area contributed by atoms with E-state index < -0.39 is 55.4 Å². The number of hydrogen-bond acceptors (Lipinski definition) is 16. The number of piperazine rings is 1. The lowest BCUT2D eigenvalue weighted by molar-refractivity contribution is -0.577. The number of rotatable bonds is 14. The summed E-state index contributed by atoms with van der Waals surface area (Å²) < 4.78 is 60.9. The molecule has 67 heavy (non-hydrogen) atoms. The second kappa shape index (κ2) is 18.5. The standard InChI is InChI=1S/C47H59N7O12S/c1-29-4-8-38-30(2)44(63-45-47(38)37(29)10-14-46(3,64-45)65-66-47)61-23-20-52-16-18-53(19-17-52)33-5-7-36(41(25-33)62-34-24-32-11-15-48-42(32)50-28-34)43(55)51-67(58,59)35-6-9-39(40(26-35)54(56)57)49-27-31-12-21-60-22-13-31/h5-7,9,11,15,24-26,28-31,37-38,44-45,49H,4,8,10,12-14,16-23,27H2,1-3H3,(H,48,50)(H,51,55). The van der Waals surface area contributed by atoms with Crippen LogP contribution < -0.4 is 19.7 Å². The Kier molecular flexibility index (Phi) is 12.7.